The minimum Gasteiger partial charge on any atom is -0.392 e. The summed E-state index contributed by atoms with van der Waals surface area (Å²) in [5.74, 6) is 0.100. The van der Waals surface area contributed by atoms with Gasteiger partial charge in [0.2, 0.25) is 10.0 Å². The molecule has 0 aliphatic heterocycles. The van der Waals surface area contributed by atoms with Crippen molar-refractivity contribution in [3.05, 3.63) is 0 Å². The molecule has 14 heavy (non-hydrogen) atoms. The number of hydrogen-bond acceptors (Lipinski definition) is 3. The Morgan fingerprint density at radius 1 is 1.36 bits per heavy atom. The molecule has 0 radical (unpaired) electrons. The molecule has 0 aromatic carbocycles. The van der Waals surface area contributed by atoms with Gasteiger partial charge in [-0.1, -0.05) is 20.8 Å². The third kappa shape index (κ3) is 5.57. The highest BCUT2D eigenvalue weighted by atomic mass is 32.2. The van der Waals surface area contributed by atoms with Crippen LogP contribution in [-0.4, -0.2) is 43.3 Å². The lowest BCUT2D eigenvalue weighted by atomic mass is 10.0. The second-order valence-corrected chi connectivity index (χ2v) is 7.02. The second kappa shape index (κ2) is 4.59. The van der Waals surface area contributed by atoms with E-state index < -0.39 is 16.1 Å². The minimum absolute atomic E-state index is 0.100. The molecule has 0 heterocycles. The van der Waals surface area contributed by atoms with Crippen molar-refractivity contribution in [3.63, 3.8) is 0 Å². The zero-order valence-corrected chi connectivity index (χ0v) is 10.4. The molecular weight excluding hydrogens is 202 g/mol. The van der Waals surface area contributed by atoms with Crippen LogP contribution in [0.3, 0.4) is 0 Å². The predicted molar refractivity (Wildman–Crippen MR) is 57.6 cm³/mol. The average molecular weight is 223 g/mol. The third-order valence-electron chi connectivity index (χ3n) is 1.61. The van der Waals surface area contributed by atoms with E-state index in [1.54, 1.807) is 6.92 Å². The number of aliphatic hydroxyl groups is 1. The first-order chi connectivity index (χ1) is 6.04. The van der Waals surface area contributed by atoms with Crippen LogP contribution in [0.2, 0.25) is 0 Å². The minimum atomic E-state index is -3.24. The predicted octanol–water partition coefficient (Wildman–Crippen LogP) is 0.675. The Morgan fingerprint density at radius 3 is 2.07 bits per heavy atom. The molecule has 86 valence electrons. The van der Waals surface area contributed by atoms with Gasteiger partial charge in [0.05, 0.1) is 11.9 Å². The van der Waals surface area contributed by atoms with Gasteiger partial charge in [-0.3, -0.25) is 0 Å². The van der Waals surface area contributed by atoms with Crippen LogP contribution in [0.25, 0.3) is 0 Å². The molecule has 0 aliphatic rings. The van der Waals surface area contributed by atoms with Crippen LogP contribution in [0.5, 0.6) is 0 Å². The summed E-state index contributed by atoms with van der Waals surface area (Å²) in [6, 6.07) is 0. The monoisotopic (exact) mass is 223 g/mol. The molecule has 0 aromatic rings. The maximum atomic E-state index is 11.7. The highest BCUT2D eigenvalue weighted by molar-refractivity contribution is 7.89. The Labute approximate surface area is 87.0 Å². The van der Waals surface area contributed by atoms with Crippen molar-refractivity contribution in [2.24, 2.45) is 5.41 Å². The van der Waals surface area contributed by atoms with Gasteiger partial charge in [-0.25, -0.2) is 12.7 Å². The molecule has 0 saturated heterocycles. The fraction of sp³-hybridized carbons (Fsp3) is 1.00. The molecule has 1 atom stereocenters. The van der Waals surface area contributed by atoms with Gasteiger partial charge >= 0.3 is 0 Å². The van der Waals surface area contributed by atoms with E-state index in [9.17, 15) is 8.42 Å². The van der Waals surface area contributed by atoms with Crippen molar-refractivity contribution in [2.75, 3.05) is 19.3 Å². The van der Waals surface area contributed by atoms with E-state index in [2.05, 4.69) is 0 Å². The van der Waals surface area contributed by atoms with Gasteiger partial charge in [-0.15, -0.1) is 0 Å². The largest absolute Gasteiger partial charge is 0.392 e. The highest BCUT2D eigenvalue weighted by Gasteiger charge is 2.25. The topological polar surface area (TPSA) is 57.6 Å². The molecule has 0 rings (SSSR count). The first-order valence-electron chi connectivity index (χ1n) is 4.67. The Bertz CT molecular complexity index is 264. The van der Waals surface area contributed by atoms with Gasteiger partial charge in [0.15, 0.2) is 0 Å². The summed E-state index contributed by atoms with van der Waals surface area (Å²) in [4.78, 5) is 0. The van der Waals surface area contributed by atoms with Gasteiger partial charge in [-0.2, -0.15) is 0 Å². The van der Waals surface area contributed by atoms with Gasteiger partial charge in [0.25, 0.3) is 0 Å². The number of aliphatic hydroxyl groups excluding tert-OH is 1. The van der Waals surface area contributed by atoms with Crippen molar-refractivity contribution in [1.29, 1.82) is 0 Å². The van der Waals surface area contributed by atoms with E-state index >= 15 is 0 Å². The lowest BCUT2D eigenvalue weighted by Crippen LogP contribution is -2.37. The maximum absolute atomic E-state index is 11.7. The summed E-state index contributed by atoms with van der Waals surface area (Å²) in [6.07, 6.45) is -0.630. The fourth-order valence-corrected chi connectivity index (χ4v) is 2.90. The Morgan fingerprint density at radius 2 is 1.79 bits per heavy atom. The van der Waals surface area contributed by atoms with Gasteiger partial charge in [0, 0.05) is 13.6 Å². The van der Waals surface area contributed by atoms with Crippen LogP contribution >= 0.6 is 0 Å². The molecule has 0 saturated carbocycles. The van der Waals surface area contributed by atoms with Gasteiger partial charge in [0.1, 0.15) is 0 Å². The zero-order chi connectivity index (χ0) is 11.6. The van der Waals surface area contributed by atoms with Gasteiger partial charge < -0.3 is 5.11 Å². The van der Waals surface area contributed by atoms with Crippen LogP contribution in [-0.2, 0) is 10.0 Å². The van der Waals surface area contributed by atoms with Crippen LogP contribution in [0.15, 0.2) is 0 Å². The Kier molecular flexibility index (Phi) is 4.55. The highest BCUT2D eigenvalue weighted by Crippen LogP contribution is 2.17. The van der Waals surface area contributed by atoms with Crippen LogP contribution < -0.4 is 0 Å². The van der Waals surface area contributed by atoms with E-state index in [0.29, 0.717) is 0 Å². The van der Waals surface area contributed by atoms with E-state index in [4.69, 9.17) is 5.11 Å². The SMILES string of the molecule is CC(O)CN(C)S(=O)(=O)CC(C)(C)C. The molecule has 1 unspecified atom stereocenters. The normalized spacial score (nSPS) is 15.9. The van der Waals surface area contributed by atoms with Crippen LogP contribution in [0, 0.1) is 5.41 Å². The zero-order valence-electron chi connectivity index (χ0n) is 9.61. The quantitative estimate of drug-likeness (QED) is 0.762. The van der Waals surface area contributed by atoms with Crippen molar-refractivity contribution >= 4 is 10.0 Å². The van der Waals surface area contributed by atoms with Crippen LogP contribution in [0.4, 0.5) is 0 Å². The maximum Gasteiger partial charge on any atom is 0.214 e. The lowest BCUT2D eigenvalue weighted by molar-refractivity contribution is 0.170. The first-order valence-corrected chi connectivity index (χ1v) is 6.27. The van der Waals surface area contributed by atoms with E-state index in [1.807, 2.05) is 20.8 Å². The Hall–Kier alpha value is -0.130. The van der Waals surface area contributed by atoms with Gasteiger partial charge in [-0.05, 0) is 12.3 Å². The summed E-state index contributed by atoms with van der Waals surface area (Å²) >= 11 is 0. The molecule has 0 spiro atoms. The number of likely N-dealkylation sites (N-methyl/N-ethyl adjacent to an activating group) is 1. The standard InChI is InChI=1S/C9H21NO3S/c1-8(11)6-10(5)14(12,13)7-9(2,3)4/h8,11H,6-7H2,1-5H3. The van der Waals surface area contributed by atoms with E-state index in [-0.39, 0.29) is 17.7 Å². The number of rotatable bonds is 4. The summed E-state index contributed by atoms with van der Waals surface area (Å²) in [6.45, 7) is 7.35. The van der Waals surface area contributed by atoms with E-state index in [0.717, 1.165) is 0 Å². The number of hydrogen-bond donors (Lipinski definition) is 1. The number of sulfonamides is 1. The summed E-state index contributed by atoms with van der Waals surface area (Å²) in [7, 11) is -1.75. The fourth-order valence-electron chi connectivity index (χ4n) is 1.14. The molecular formula is C9H21NO3S. The van der Waals surface area contributed by atoms with Crippen molar-refractivity contribution < 1.29 is 13.5 Å². The Balaban J connectivity index is 4.48. The van der Waals surface area contributed by atoms with Crippen molar-refractivity contribution in [3.8, 4) is 0 Å². The average Bonchev–Trinajstić information content (AvgIpc) is 1.78. The molecule has 4 nitrogen and oxygen atoms in total. The second-order valence-electron chi connectivity index (χ2n) is 4.95. The van der Waals surface area contributed by atoms with Crippen molar-refractivity contribution in [1.82, 2.24) is 4.31 Å². The molecule has 5 heteroatoms. The smallest absolute Gasteiger partial charge is 0.214 e. The summed E-state index contributed by atoms with van der Waals surface area (Å²) in [5, 5.41) is 9.08. The van der Waals surface area contributed by atoms with Crippen molar-refractivity contribution in [2.45, 2.75) is 33.8 Å². The summed E-state index contributed by atoms with van der Waals surface area (Å²) in [5.41, 5.74) is -0.258. The third-order valence-corrected chi connectivity index (χ3v) is 3.94. The van der Waals surface area contributed by atoms with E-state index in [1.165, 1.54) is 11.4 Å². The molecule has 0 aromatic heterocycles. The molecule has 0 aliphatic carbocycles. The summed E-state index contributed by atoms with van der Waals surface area (Å²) < 4.78 is 24.6. The molecule has 0 amide bonds. The number of nitrogens with zero attached hydrogens (tertiary/aromatic N) is 1. The molecule has 1 N–H and O–H groups in total. The molecule has 0 fully saturated rings. The molecule has 0 bridgehead atoms. The lowest BCUT2D eigenvalue weighted by Gasteiger charge is -2.24. The first kappa shape index (κ1) is 13.9. The van der Waals surface area contributed by atoms with Crippen LogP contribution in [0.1, 0.15) is 27.7 Å².